The van der Waals surface area contributed by atoms with Gasteiger partial charge in [0.25, 0.3) is 0 Å². The number of hydrogen-bond acceptors (Lipinski definition) is 7. The van der Waals surface area contributed by atoms with Gasteiger partial charge in [-0.3, -0.25) is 0 Å². The van der Waals surface area contributed by atoms with Gasteiger partial charge >= 0.3 is 0 Å². The van der Waals surface area contributed by atoms with Crippen LogP contribution >= 0.6 is 0 Å². The summed E-state index contributed by atoms with van der Waals surface area (Å²) < 4.78 is 22.7. The van der Waals surface area contributed by atoms with E-state index in [2.05, 4.69) is 0 Å². The Morgan fingerprint density at radius 3 is 2.70 bits per heavy atom. The van der Waals surface area contributed by atoms with Crippen LogP contribution in [0.4, 0.5) is 0 Å². The molecular weight excluding hydrogens is 352 g/mol. The third-order valence-electron chi connectivity index (χ3n) is 6.53. The van der Waals surface area contributed by atoms with Crippen LogP contribution in [0.1, 0.15) is 19.3 Å². The first-order valence-corrected chi connectivity index (χ1v) is 9.50. The summed E-state index contributed by atoms with van der Waals surface area (Å²) in [7, 11) is 3.10. The molecule has 0 aromatic heterocycles. The minimum Gasteiger partial charge on any atom is -0.510 e. The molecule has 0 aromatic carbocycles. The molecular formula is C20H28O7. The van der Waals surface area contributed by atoms with Gasteiger partial charge in [-0.1, -0.05) is 0 Å². The molecule has 4 rings (SSSR count). The van der Waals surface area contributed by atoms with E-state index < -0.39 is 11.7 Å². The van der Waals surface area contributed by atoms with Gasteiger partial charge in [0.15, 0.2) is 11.5 Å². The minimum absolute atomic E-state index is 0.0878. The van der Waals surface area contributed by atoms with Crippen molar-refractivity contribution in [3.63, 3.8) is 0 Å². The van der Waals surface area contributed by atoms with E-state index in [4.69, 9.17) is 18.9 Å². The molecule has 7 atom stereocenters. The van der Waals surface area contributed by atoms with E-state index in [0.717, 1.165) is 0 Å². The second-order valence-corrected chi connectivity index (χ2v) is 7.94. The van der Waals surface area contributed by atoms with E-state index in [-0.39, 0.29) is 48.1 Å². The van der Waals surface area contributed by atoms with Crippen molar-refractivity contribution < 1.29 is 34.3 Å². The van der Waals surface area contributed by atoms with Crippen LogP contribution in [0.15, 0.2) is 35.5 Å². The van der Waals surface area contributed by atoms with Crippen LogP contribution in [0.2, 0.25) is 0 Å². The largest absolute Gasteiger partial charge is 0.510 e. The molecule has 7 heteroatoms. The number of allylic oxidation sites excluding steroid dienone is 2. The quantitative estimate of drug-likeness (QED) is 0.686. The third-order valence-corrected chi connectivity index (χ3v) is 6.53. The molecule has 2 heterocycles. The molecule has 3 unspecified atom stereocenters. The molecule has 0 saturated carbocycles. The summed E-state index contributed by atoms with van der Waals surface area (Å²) in [5.41, 5.74) is -1.07. The predicted molar refractivity (Wildman–Crippen MR) is 96.1 cm³/mol. The zero-order valence-corrected chi connectivity index (χ0v) is 15.7. The van der Waals surface area contributed by atoms with Crippen LogP contribution in [0.25, 0.3) is 0 Å². The molecule has 2 aliphatic carbocycles. The van der Waals surface area contributed by atoms with Crippen molar-refractivity contribution in [3.05, 3.63) is 35.5 Å². The van der Waals surface area contributed by atoms with Crippen molar-refractivity contribution >= 4 is 0 Å². The zero-order chi connectivity index (χ0) is 19.2. The SMILES string of the molecule is COC1=CC([C@H]2OC[C@@H]3[C@@H](C4CC=C(O)C(OC)C4)OC[C@]23O)CC=C1O. The van der Waals surface area contributed by atoms with E-state index in [9.17, 15) is 15.3 Å². The second kappa shape index (κ2) is 7.13. The first kappa shape index (κ1) is 18.8. The average molecular weight is 380 g/mol. The standard InChI is InChI=1S/C20H28O7/c1-24-16-7-11(3-5-14(16)21)18-13-9-26-19(20(13,23)10-27-18)12-4-6-15(22)17(8-12)25-2/h5-6,8,11-13,16,18-19,21-23H,3-4,7,9-10H2,1-2H3/t11?,12?,13-,16?,18-,19-,20-/m1/s1. The summed E-state index contributed by atoms with van der Waals surface area (Å²) in [4.78, 5) is 0. The van der Waals surface area contributed by atoms with Crippen LogP contribution in [0.3, 0.4) is 0 Å². The van der Waals surface area contributed by atoms with Gasteiger partial charge in [0.2, 0.25) is 0 Å². The Morgan fingerprint density at radius 2 is 1.96 bits per heavy atom. The predicted octanol–water partition coefficient (Wildman–Crippen LogP) is 1.99. The van der Waals surface area contributed by atoms with Gasteiger partial charge in [-0.05, 0) is 43.4 Å². The fourth-order valence-electron chi connectivity index (χ4n) is 5.04. The maximum absolute atomic E-state index is 11.4. The Bertz CT molecular complexity index is 669. The van der Waals surface area contributed by atoms with Crippen molar-refractivity contribution in [3.8, 4) is 0 Å². The number of hydrogen-bond donors (Lipinski definition) is 3. The number of methoxy groups -OCH3 is 2. The van der Waals surface area contributed by atoms with E-state index in [1.165, 1.54) is 7.11 Å². The zero-order valence-electron chi connectivity index (χ0n) is 15.7. The minimum atomic E-state index is -1.07. The van der Waals surface area contributed by atoms with Crippen LogP contribution in [-0.4, -0.2) is 66.7 Å². The Morgan fingerprint density at radius 1 is 1.15 bits per heavy atom. The van der Waals surface area contributed by atoms with Gasteiger partial charge < -0.3 is 34.3 Å². The number of rotatable bonds is 4. The molecule has 150 valence electrons. The van der Waals surface area contributed by atoms with Crippen LogP contribution in [0, 0.1) is 17.8 Å². The third kappa shape index (κ3) is 3.06. The molecule has 7 nitrogen and oxygen atoms in total. The topological polar surface area (TPSA) is 97.6 Å². The summed E-state index contributed by atoms with van der Waals surface area (Å²) in [5, 5.41) is 31.2. The molecule has 4 aliphatic rings. The molecule has 0 amide bonds. The number of aliphatic hydroxyl groups excluding tert-OH is 2. The van der Waals surface area contributed by atoms with Gasteiger partial charge in [-0.25, -0.2) is 0 Å². The van der Waals surface area contributed by atoms with Crippen molar-refractivity contribution in [1.82, 2.24) is 0 Å². The van der Waals surface area contributed by atoms with Crippen LogP contribution in [0.5, 0.6) is 0 Å². The Hall–Kier alpha value is -1.54. The summed E-state index contributed by atoms with van der Waals surface area (Å²) in [6.07, 6.45) is 6.39. The molecule has 2 saturated heterocycles. The fraction of sp³-hybridized carbons (Fsp3) is 0.700. The van der Waals surface area contributed by atoms with E-state index >= 15 is 0 Å². The maximum Gasteiger partial charge on any atom is 0.156 e. The molecule has 3 N–H and O–H groups in total. The normalized spacial score (nSPS) is 44.3. The van der Waals surface area contributed by atoms with Crippen LogP contribution in [-0.2, 0) is 18.9 Å². The van der Waals surface area contributed by atoms with E-state index in [1.807, 2.05) is 6.08 Å². The lowest BCUT2D eigenvalue weighted by Gasteiger charge is -2.34. The monoisotopic (exact) mass is 380 g/mol. The summed E-state index contributed by atoms with van der Waals surface area (Å²) in [6, 6.07) is 0. The van der Waals surface area contributed by atoms with Crippen molar-refractivity contribution in [2.75, 3.05) is 27.4 Å². The van der Waals surface area contributed by atoms with Gasteiger partial charge in [0.1, 0.15) is 17.5 Å². The molecule has 27 heavy (non-hydrogen) atoms. The van der Waals surface area contributed by atoms with E-state index in [0.29, 0.717) is 31.6 Å². The smallest absolute Gasteiger partial charge is 0.156 e. The lowest BCUT2D eigenvalue weighted by Crippen LogP contribution is -2.48. The van der Waals surface area contributed by atoms with E-state index in [1.54, 1.807) is 19.3 Å². The number of aliphatic hydroxyl groups is 3. The highest BCUT2D eigenvalue weighted by molar-refractivity contribution is 5.26. The Labute approximate surface area is 158 Å². The molecule has 2 aliphatic heterocycles. The van der Waals surface area contributed by atoms with Crippen molar-refractivity contribution in [1.29, 1.82) is 0 Å². The highest BCUT2D eigenvalue weighted by Gasteiger charge is 2.61. The van der Waals surface area contributed by atoms with Gasteiger partial charge in [0.05, 0.1) is 32.5 Å². The lowest BCUT2D eigenvalue weighted by atomic mass is 9.74. The molecule has 0 spiro atoms. The highest BCUT2D eigenvalue weighted by atomic mass is 16.6. The highest BCUT2D eigenvalue weighted by Crippen LogP contribution is 2.49. The molecule has 0 bridgehead atoms. The first-order valence-electron chi connectivity index (χ1n) is 9.50. The first-order chi connectivity index (χ1) is 13.0. The summed E-state index contributed by atoms with van der Waals surface area (Å²) in [5.74, 6) is 0.748. The van der Waals surface area contributed by atoms with Gasteiger partial charge in [0, 0.05) is 18.9 Å². The molecule has 0 aromatic rings. The Balaban J connectivity index is 1.50. The average Bonchev–Trinajstić information content (AvgIpc) is 3.17. The summed E-state index contributed by atoms with van der Waals surface area (Å²) in [6.45, 7) is 0.650. The Kier molecular flexibility index (Phi) is 4.96. The molecule has 0 radical (unpaired) electrons. The van der Waals surface area contributed by atoms with Crippen molar-refractivity contribution in [2.45, 2.75) is 43.2 Å². The maximum atomic E-state index is 11.4. The van der Waals surface area contributed by atoms with Gasteiger partial charge in [-0.15, -0.1) is 0 Å². The van der Waals surface area contributed by atoms with Crippen molar-refractivity contribution in [2.24, 2.45) is 17.8 Å². The van der Waals surface area contributed by atoms with Gasteiger partial charge in [-0.2, -0.15) is 0 Å². The lowest BCUT2D eigenvalue weighted by molar-refractivity contribution is -0.0807. The fourth-order valence-corrected chi connectivity index (χ4v) is 5.04. The summed E-state index contributed by atoms with van der Waals surface area (Å²) >= 11 is 0. The second-order valence-electron chi connectivity index (χ2n) is 7.94. The van der Waals surface area contributed by atoms with Crippen LogP contribution < -0.4 is 0 Å². The number of ether oxygens (including phenoxy) is 4. The molecule has 2 fully saturated rings. The number of fused-ring (bicyclic) bond motifs is 1.